The van der Waals surface area contributed by atoms with E-state index < -0.39 is 0 Å². The van der Waals surface area contributed by atoms with Crippen LogP contribution in [0.15, 0.2) is 42.5 Å². The van der Waals surface area contributed by atoms with Crippen molar-refractivity contribution in [3.63, 3.8) is 0 Å². The van der Waals surface area contributed by atoms with Crippen LogP contribution in [-0.4, -0.2) is 12.4 Å². The molecule has 0 fully saturated rings. The average Bonchev–Trinajstić information content (AvgIpc) is 2.46. The van der Waals surface area contributed by atoms with E-state index in [2.05, 4.69) is 0 Å². The van der Waals surface area contributed by atoms with Crippen LogP contribution in [0.3, 0.4) is 0 Å². The van der Waals surface area contributed by atoms with E-state index in [1.54, 1.807) is 24.3 Å². The molecule has 0 radical (unpaired) electrons. The lowest BCUT2D eigenvalue weighted by molar-refractivity contribution is 0.103. The number of rotatable bonds is 5. The molecule has 0 aromatic heterocycles. The molecule has 0 heterocycles. The van der Waals surface area contributed by atoms with Gasteiger partial charge in [0.05, 0.1) is 6.61 Å². The summed E-state index contributed by atoms with van der Waals surface area (Å²) in [6.07, 6.45) is 0.782. The van der Waals surface area contributed by atoms with Gasteiger partial charge in [0, 0.05) is 16.8 Å². The van der Waals surface area contributed by atoms with Gasteiger partial charge in [0.15, 0.2) is 5.78 Å². The molecule has 0 spiro atoms. The lowest BCUT2D eigenvalue weighted by Gasteiger charge is -2.10. The van der Waals surface area contributed by atoms with Gasteiger partial charge in [-0.1, -0.05) is 19.1 Å². The summed E-state index contributed by atoms with van der Waals surface area (Å²) in [6.45, 7) is 4.59. The van der Waals surface area contributed by atoms with Gasteiger partial charge in [-0.2, -0.15) is 0 Å². The van der Waals surface area contributed by atoms with Crippen LogP contribution < -0.4 is 10.5 Å². The molecule has 0 aliphatic carbocycles. The minimum Gasteiger partial charge on any atom is -0.494 e. The van der Waals surface area contributed by atoms with E-state index in [0.717, 1.165) is 17.7 Å². The van der Waals surface area contributed by atoms with E-state index in [9.17, 15) is 4.79 Å². The Morgan fingerprint density at radius 1 is 1.15 bits per heavy atom. The zero-order chi connectivity index (χ0) is 14.5. The third-order valence-corrected chi connectivity index (χ3v) is 3.16. The number of aryl methyl sites for hydroxylation is 1. The summed E-state index contributed by atoms with van der Waals surface area (Å²) in [5, 5.41) is 0. The highest BCUT2D eigenvalue weighted by atomic mass is 16.5. The molecule has 0 atom stereocenters. The van der Waals surface area contributed by atoms with Crippen LogP contribution in [0.1, 0.15) is 35.3 Å². The van der Waals surface area contributed by atoms with Gasteiger partial charge >= 0.3 is 0 Å². The molecule has 0 aliphatic rings. The van der Waals surface area contributed by atoms with Crippen molar-refractivity contribution >= 4 is 11.5 Å². The van der Waals surface area contributed by atoms with Crippen molar-refractivity contribution in [2.45, 2.75) is 20.3 Å². The van der Waals surface area contributed by atoms with E-state index in [1.807, 2.05) is 32.0 Å². The van der Waals surface area contributed by atoms with Gasteiger partial charge in [0.25, 0.3) is 0 Å². The van der Waals surface area contributed by atoms with Crippen LogP contribution in [0.25, 0.3) is 0 Å². The summed E-state index contributed by atoms with van der Waals surface area (Å²) in [7, 11) is 0. The maximum atomic E-state index is 12.6. The predicted octanol–water partition coefficient (Wildman–Crippen LogP) is 3.46. The predicted molar refractivity (Wildman–Crippen MR) is 81.3 cm³/mol. The number of anilines is 1. The van der Waals surface area contributed by atoms with Crippen LogP contribution in [0, 0.1) is 0 Å². The van der Waals surface area contributed by atoms with Gasteiger partial charge in [-0.3, -0.25) is 4.79 Å². The number of ketones is 1. The first-order valence-electron chi connectivity index (χ1n) is 6.81. The maximum absolute atomic E-state index is 12.6. The van der Waals surface area contributed by atoms with Crippen molar-refractivity contribution in [3.05, 3.63) is 59.2 Å². The van der Waals surface area contributed by atoms with Crippen molar-refractivity contribution in [2.75, 3.05) is 12.3 Å². The standard InChI is InChI=1S/C17H19NO2/c1-3-12-11-15(20-4-2)8-9-16(12)17(19)13-6-5-7-14(18)10-13/h5-11H,3-4,18H2,1-2H3. The Kier molecular flexibility index (Phi) is 4.41. The van der Waals surface area contributed by atoms with Gasteiger partial charge in [0.1, 0.15) is 5.75 Å². The smallest absolute Gasteiger partial charge is 0.193 e. The van der Waals surface area contributed by atoms with Crippen molar-refractivity contribution < 1.29 is 9.53 Å². The highest BCUT2D eigenvalue weighted by molar-refractivity contribution is 6.10. The molecule has 2 rings (SSSR count). The van der Waals surface area contributed by atoms with Crippen LogP contribution in [0.4, 0.5) is 5.69 Å². The Labute approximate surface area is 119 Å². The molecule has 0 bridgehead atoms. The minimum atomic E-state index is -0.00259. The number of nitrogen functional groups attached to an aromatic ring is 1. The van der Waals surface area contributed by atoms with Crippen LogP contribution in [-0.2, 0) is 6.42 Å². The molecule has 2 aromatic carbocycles. The first kappa shape index (κ1) is 14.1. The SMILES string of the molecule is CCOc1ccc(C(=O)c2cccc(N)c2)c(CC)c1. The fourth-order valence-corrected chi connectivity index (χ4v) is 2.18. The summed E-state index contributed by atoms with van der Waals surface area (Å²) in [5.74, 6) is 0.797. The van der Waals surface area contributed by atoms with E-state index in [-0.39, 0.29) is 5.78 Å². The van der Waals surface area contributed by atoms with Crippen LogP contribution in [0.2, 0.25) is 0 Å². The third-order valence-electron chi connectivity index (χ3n) is 3.16. The molecule has 3 nitrogen and oxygen atoms in total. The Morgan fingerprint density at radius 2 is 1.95 bits per heavy atom. The van der Waals surface area contributed by atoms with Crippen molar-refractivity contribution in [1.82, 2.24) is 0 Å². The molecular formula is C17H19NO2. The fourth-order valence-electron chi connectivity index (χ4n) is 2.18. The minimum absolute atomic E-state index is 0.00259. The topological polar surface area (TPSA) is 52.3 Å². The number of benzene rings is 2. The molecule has 0 unspecified atom stereocenters. The molecule has 0 aliphatic heterocycles. The monoisotopic (exact) mass is 269 g/mol. The molecule has 2 N–H and O–H groups in total. The zero-order valence-electron chi connectivity index (χ0n) is 11.8. The largest absolute Gasteiger partial charge is 0.494 e. The Morgan fingerprint density at radius 3 is 2.60 bits per heavy atom. The lowest BCUT2D eigenvalue weighted by atomic mass is 9.96. The third kappa shape index (κ3) is 2.99. The van der Waals surface area contributed by atoms with Gasteiger partial charge in [-0.25, -0.2) is 0 Å². The number of hydrogen-bond donors (Lipinski definition) is 1. The van der Waals surface area contributed by atoms with Crippen molar-refractivity contribution in [3.8, 4) is 5.75 Å². The van der Waals surface area contributed by atoms with E-state index in [4.69, 9.17) is 10.5 Å². The highest BCUT2D eigenvalue weighted by Gasteiger charge is 2.13. The zero-order valence-corrected chi connectivity index (χ0v) is 11.8. The van der Waals surface area contributed by atoms with Crippen molar-refractivity contribution in [2.24, 2.45) is 0 Å². The molecule has 104 valence electrons. The first-order valence-corrected chi connectivity index (χ1v) is 6.81. The first-order chi connectivity index (χ1) is 9.65. The van der Waals surface area contributed by atoms with Gasteiger partial charge in [-0.15, -0.1) is 0 Å². The number of ether oxygens (including phenoxy) is 1. The van der Waals surface area contributed by atoms with E-state index in [0.29, 0.717) is 23.4 Å². The Balaban J connectivity index is 2.39. The average molecular weight is 269 g/mol. The molecule has 0 amide bonds. The number of nitrogens with two attached hydrogens (primary N) is 1. The second-order valence-electron chi connectivity index (χ2n) is 4.56. The summed E-state index contributed by atoms with van der Waals surface area (Å²) in [6, 6.07) is 12.7. The van der Waals surface area contributed by atoms with Crippen LogP contribution >= 0.6 is 0 Å². The van der Waals surface area contributed by atoms with Crippen molar-refractivity contribution in [1.29, 1.82) is 0 Å². The highest BCUT2D eigenvalue weighted by Crippen LogP contribution is 2.22. The van der Waals surface area contributed by atoms with Gasteiger partial charge < -0.3 is 10.5 Å². The molecular weight excluding hydrogens is 250 g/mol. The summed E-state index contributed by atoms with van der Waals surface area (Å²) < 4.78 is 5.48. The van der Waals surface area contributed by atoms with Crippen LogP contribution in [0.5, 0.6) is 5.75 Å². The summed E-state index contributed by atoms with van der Waals surface area (Å²) in [5.41, 5.74) is 8.65. The Hall–Kier alpha value is -2.29. The second-order valence-corrected chi connectivity index (χ2v) is 4.56. The molecule has 2 aromatic rings. The molecule has 0 saturated carbocycles. The number of hydrogen-bond acceptors (Lipinski definition) is 3. The van der Waals surface area contributed by atoms with E-state index in [1.165, 1.54) is 0 Å². The summed E-state index contributed by atoms with van der Waals surface area (Å²) >= 11 is 0. The quantitative estimate of drug-likeness (QED) is 0.668. The van der Waals surface area contributed by atoms with Gasteiger partial charge in [0.2, 0.25) is 0 Å². The normalized spacial score (nSPS) is 10.3. The fraction of sp³-hybridized carbons (Fsp3) is 0.235. The summed E-state index contributed by atoms with van der Waals surface area (Å²) in [4.78, 5) is 12.6. The molecule has 3 heteroatoms. The molecule has 0 saturated heterocycles. The molecule has 20 heavy (non-hydrogen) atoms. The van der Waals surface area contributed by atoms with Gasteiger partial charge in [-0.05, 0) is 49.2 Å². The number of carbonyl (C=O) groups excluding carboxylic acids is 1. The number of carbonyl (C=O) groups is 1. The Bertz CT molecular complexity index is 620. The maximum Gasteiger partial charge on any atom is 0.193 e. The second kappa shape index (κ2) is 6.24. The van der Waals surface area contributed by atoms with E-state index >= 15 is 0 Å². The lowest BCUT2D eigenvalue weighted by Crippen LogP contribution is -2.06.